The fraction of sp³-hybridized carbons (Fsp3) is 1.00. The summed E-state index contributed by atoms with van der Waals surface area (Å²) < 4.78 is 5.52. The van der Waals surface area contributed by atoms with E-state index in [1.54, 1.807) is 0 Å². The quantitative estimate of drug-likeness (QED) is 0.834. The van der Waals surface area contributed by atoms with Gasteiger partial charge in [0.05, 0.1) is 6.10 Å². The Balaban J connectivity index is 1.95. The fourth-order valence-corrected chi connectivity index (χ4v) is 3.65. The van der Waals surface area contributed by atoms with Gasteiger partial charge in [-0.15, -0.1) is 0 Å². The predicted molar refractivity (Wildman–Crippen MR) is 75.9 cm³/mol. The number of likely N-dealkylation sites (tertiary alicyclic amines) is 1. The Bertz CT molecular complexity index is 235. The molecule has 1 aliphatic carbocycles. The molecule has 3 nitrogen and oxygen atoms in total. The van der Waals surface area contributed by atoms with Crippen LogP contribution in [0.5, 0.6) is 0 Å². The lowest BCUT2D eigenvalue weighted by Gasteiger charge is -2.36. The van der Waals surface area contributed by atoms with Crippen LogP contribution in [0.2, 0.25) is 0 Å². The highest BCUT2D eigenvalue weighted by atomic mass is 16.5. The summed E-state index contributed by atoms with van der Waals surface area (Å²) in [6.45, 7) is 5.70. The number of likely N-dealkylation sites (N-methyl/N-ethyl adjacent to an activating group) is 1. The molecule has 2 aliphatic rings. The zero-order valence-corrected chi connectivity index (χ0v) is 12.2. The second-order valence-electron chi connectivity index (χ2n) is 5.86. The Hall–Kier alpha value is -0.120. The summed E-state index contributed by atoms with van der Waals surface area (Å²) >= 11 is 0. The van der Waals surface area contributed by atoms with Crippen LogP contribution in [-0.2, 0) is 4.74 Å². The van der Waals surface area contributed by atoms with Gasteiger partial charge in [0.1, 0.15) is 0 Å². The van der Waals surface area contributed by atoms with E-state index in [1.165, 1.54) is 51.5 Å². The van der Waals surface area contributed by atoms with E-state index in [-0.39, 0.29) is 0 Å². The third-order valence-corrected chi connectivity index (χ3v) is 4.67. The normalized spacial score (nSPS) is 35.3. The van der Waals surface area contributed by atoms with Gasteiger partial charge in [-0.05, 0) is 25.8 Å². The molecule has 0 aromatic heterocycles. The van der Waals surface area contributed by atoms with Gasteiger partial charge < -0.3 is 10.1 Å². The van der Waals surface area contributed by atoms with Crippen LogP contribution in [0.4, 0.5) is 0 Å². The molecule has 0 spiro atoms. The Morgan fingerprint density at radius 3 is 2.56 bits per heavy atom. The smallest absolute Gasteiger partial charge is 0.0710 e. The maximum absolute atomic E-state index is 5.52. The molecular formula is C15H30N2O. The van der Waals surface area contributed by atoms with Gasteiger partial charge in [0.15, 0.2) is 0 Å². The van der Waals surface area contributed by atoms with Crippen molar-refractivity contribution in [3.63, 3.8) is 0 Å². The van der Waals surface area contributed by atoms with Crippen molar-refractivity contribution in [1.29, 1.82) is 0 Å². The maximum Gasteiger partial charge on any atom is 0.0710 e. The minimum atomic E-state index is 0.470. The lowest BCUT2D eigenvalue weighted by Crippen LogP contribution is -2.50. The summed E-state index contributed by atoms with van der Waals surface area (Å²) in [5.74, 6) is 0. The molecule has 1 saturated heterocycles. The summed E-state index contributed by atoms with van der Waals surface area (Å²) in [5.41, 5.74) is 0. The zero-order chi connectivity index (χ0) is 12.8. The highest BCUT2D eigenvalue weighted by molar-refractivity contribution is 4.90. The summed E-state index contributed by atoms with van der Waals surface area (Å²) in [7, 11) is 1.86. The van der Waals surface area contributed by atoms with Crippen molar-refractivity contribution >= 4 is 0 Å². The summed E-state index contributed by atoms with van der Waals surface area (Å²) in [6.07, 6.45) is 10.1. The Kier molecular flexibility index (Phi) is 5.93. The zero-order valence-electron chi connectivity index (χ0n) is 12.2. The van der Waals surface area contributed by atoms with Crippen LogP contribution >= 0.6 is 0 Å². The van der Waals surface area contributed by atoms with Crippen molar-refractivity contribution in [3.8, 4) is 0 Å². The number of nitrogens with zero attached hydrogens (tertiary/aromatic N) is 1. The average molecular weight is 254 g/mol. The van der Waals surface area contributed by atoms with Crippen molar-refractivity contribution in [1.82, 2.24) is 10.2 Å². The molecule has 1 aliphatic heterocycles. The highest BCUT2D eigenvalue weighted by Gasteiger charge is 2.32. The van der Waals surface area contributed by atoms with E-state index >= 15 is 0 Å². The van der Waals surface area contributed by atoms with Crippen LogP contribution in [-0.4, -0.2) is 49.8 Å². The van der Waals surface area contributed by atoms with Gasteiger partial charge in [-0.2, -0.15) is 0 Å². The van der Waals surface area contributed by atoms with Crippen molar-refractivity contribution in [2.24, 2.45) is 0 Å². The van der Waals surface area contributed by atoms with E-state index in [1.807, 2.05) is 7.11 Å². The first-order valence-corrected chi connectivity index (χ1v) is 7.85. The monoisotopic (exact) mass is 254 g/mol. The molecule has 106 valence electrons. The van der Waals surface area contributed by atoms with Gasteiger partial charge in [-0.1, -0.05) is 32.6 Å². The number of methoxy groups -OCH3 is 1. The first-order chi connectivity index (χ1) is 8.85. The van der Waals surface area contributed by atoms with Crippen LogP contribution < -0.4 is 5.32 Å². The first-order valence-electron chi connectivity index (χ1n) is 7.85. The molecular weight excluding hydrogens is 224 g/mol. The van der Waals surface area contributed by atoms with Crippen LogP contribution in [0.1, 0.15) is 51.9 Å². The van der Waals surface area contributed by atoms with E-state index in [2.05, 4.69) is 17.1 Å². The summed E-state index contributed by atoms with van der Waals surface area (Å²) in [4.78, 5) is 2.69. The van der Waals surface area contributed by atoms with Crippen molar-refractivity contribution < 1.29 is 4.74 Å². The molecule has 2 rings (SSSR count). The number of hydrogen-bond acceptors (Lipinski definition) is 3. The van der Waals surface area contributed by atoms with Crippen LogP contribution in [0.3, 0.4) is 0 Å². The van der Waals surface area contributed by atoms with Gasteiger partial charge in [0.25, 0.3) is 0 Å². The van der Waals surface area contributed by atoms with Crippen molar-refractivity contribution in [2.75, 3.05) is 26.7 Å². The fourth-order valence-electron chi connectivity index (χ4n) is 3.65. The van der Waals surface area contributed by atoms with Gasteiger partial charge >= 0.3 is 0 Å². The van der Waals surface area contributed by atoms with Crippen molar-refractivity contribution in [2.45, 2.75) is 70.1 Å². The summed E-state index contributed by atoms with van der Waals surface area (Å²) in [6, 6.07) is 1.44. The molecule has 0 amide bonds. The van der Waals surface area contributed by atoms with E-state index < -0.39 is 0 Å². The lowest BCUT2D eigenvalue weighted by molar-refractivity contribution is 0.0906. The SMILES string of the molecule is CCNC1CCCCCCC1N1CCC(OC)C1. The molecule has 3 heteroatoms. The highest BCUT2D eigenvalue weighted by Crippen LogP contribution is 2.25. The van der Waals surface area contributed by atoms with Gasteiger partial charge in [-0.25, -0.2) is 0 Å². The molecule has 0 aromatic carbocycles. The number of hydrogen-bond donors (Lipinski definition) is 1. The minimum absolute atomic E-state index is 0.470. The Labute approximate surface area is 112 Å². The van der Waals surface area contributed by atoms with Crippen LogP contribution in [0.25, 0.3) is 0 Å². The molecule has 0 bridgehead atoms. The number of ether oxygens (including phenoxy) is 1. The van der Waals surface area contributed by atoms with Gasteiger partial charge in [0, 0.05) is 32.3 Å². The molecule has 3 unspecified atom stereocenters. The van der Waals surface area contributed by atoms with E-state index in [0.717, 1.165) is 19.1 Å². The van der Waals surface area contributed by atoms with Gasteiger partial charge in [-0.3, -0.25) is 4.90 Å². The standard InChI is InChI=1S/C15H30N2O/c1-3-16-14-8-6-4-5-7-9-15(14)17-11-10-13(12-17)18-2/h13-16H,3-12H2,1-2H3. The average Bonchev–Trinajstić information content (AvgIpc) is 2.81. The molecule has 1 N–H and O–H groups in total. The molecule has 0 aromatic rings. The molecule has 0 radical (unpaired) electrons. The van der Waals surface area contributed by atoms with E-state index in [4.69, 9.17) is 4.74 Å². The molecule has 3 atom stereocenters. The van der Waals surface area contributed by atoms with E-state index in [9.17, 15) is 0 Å². The largest absolute Gasteiger partial charge is 0.380 e. The number of nitrogens with one attached hydrogen (secondary N) is 1. The number of rotatable bonds is 4. The van der Waals surface area contributed by atoms with Gasteiger partial charge in [0.2, 0.25) is 0 Å². The third kappa shape index (κ3) is 3.69. The Morgan fingerprint density at radius 2 is 1.89 bits per heavy atom. The minimum Gasteiger partial charge on any atom is -0.380 e. The van der Waals surface area contributed by atoms with E-state index in [0.29, 0.717) is 12.1 Å². The predicted octanol–water partition coefficient (Wildman–Crippen LogP) is 2.41. The van der Waals surface area contributed by atoms with Crippen molar-refractivity contribution in [3.05, 3.63) is 0 Å². The third-order valence-electron chi connectivity index (χ3n) is 4.67. The second kappa shape index (κ2) is 7.46. The topological polar surface area (TPSA) is 24.5 Å². The maximum atomic E-state index is 5.52. The second-order valence-corrected chi connectivity index (χ2v) is 5.86. The van der Waals surface area contributed by atoms with Crippen LogP contribution in [0.15, 0.2) is 0 Å². The molecule has 1 heterocycles. The molecule has 1 saturated carbocycles. The lowest BCUT2D eigenvalue weighted by atomic mass is 9.91. The van der Waals surface area contributed by atoms with Crippen LogP contribution in [0, 0.1) is 0 Å². The first kappa shape index (κ1) is 14.3. The molecule has 18 heavy (non-hydrogen) atoms. The molecule has 2 fully saturated rings. The summed E-state index contributed by atoms with van der Waals surface area (Å²) in [5, 5.41) is 3.73. The Morgan fingerprint density at radius 1 is 1.11 bits per heavy atom.